The first-order valence-electron chi connectivity index (χ1n) is 7.05. The lowest BCUT2D eigenvalue weighted by Gasteiger charge is -2.17. The highest BCUT2D eigenvalue weighted by molar-refractivity contribution is 5.81. The number of anilines is 1. The maximum Gasteiger partial charge on any atom is 0.201 e. The highest BCUT2D eigenvalue weighted by Crippen LogP contribution is 2.34. The minimum Gasteiger partial charge on any atom is -0.486 e. The lowest BCUT2D eigenvalue weighted by Crippen LogP contribution is -2.15. The van der Waals surface area contributed by atoms with Gasteiger partial charge < -0.3 is 19.8 Å². The summed E-state index contributed by atoms with van der Waals surface area (Å²) in [6, 6.07) is 10.1. The van der Waals surface area contributed by atoms with E-state index in [1.54, 1.807) is 12.1 Å². The van der Waals surface area contributed by atoms with E-state index in [0.29, 0.717) is 25.7 Å². The molecule has 0 unspecified atom stereocenters. The molecular weight excluding hydrogens is 285 g/mol. The Morgan fingerprint density at radius 2 is 1.82 bits per heavy atom. The highest BCUT2D eigenvalue weighted by atomic mass is 19.1. The van der Waals surface area contributed by atoms with Crippen LogP contribution < -0.4 is 14.8 Å². The van der Waals surface area contributed by atoms with Crippen LogP contribution in [0.15, 0.2) is 36.4 Å². The number of ether oxygens (including phenoxy) is 2. The molecule has 22 heavy (non-hydrogen) atoms. The van der Waals surface area contributed by atoms with Gasteiger partial charge in [-0.1, -0.05) is 12.1 Å². The van der Waals surface area contributed by atoms with Crippen LogP contribution >= 0.6 is 0 Å². The number of aromatic amines is 1. The third-order valence-electron chi connectivity index (χ3n) is 3.52. The Balaban J connectivity index is 1.56. The summed E-state index contributed by atoms with van der Waals surface area (Å²) >= 11 is 0. The van der Waals surface area contributed by atoms with E-state index in [2.05, 4.69) is 15.3 Å². The predicted octanol–water partition coefficient (Wildman–Crippen LogP) is 3.09. The standard InChI is InChI=1S/C16H14FN3O2/c17-11-3-1-10(2-4-11)9-18-16-19-12-7-14-15(8-13(12)20-16)22-6-5-21-14/h1-4,7-8H,5-6,9H2,(H2,18,19,20). The predicted molar refractivity (Wildman–Crippen MR) is 80.8 cm³/mol. The van der Waals surface area contributed by atoms with Gasteiger partial charge in [-0.05, 0) is 17.7 Å². The van der Waals surface area contributed by atoms with Crippen molar-refractivity contribution in [2.24, 2.45) is 0 Å². The molecule has 0 radical (unpaired) electrons. The molecular formula is C16H14FN3O2. The number of nitrogens with zero attached hydrogens (tertiary/aromatic N) is 1. The molecule has 0 bridgehead atoms. The van der Waals surface area contributed by atoms with E-state index < -0.39 is 0 Å². The zero-order valence-corrected chi connectivity index (χ0v) is 11.7. The molecule has 0 aliphatic carbocycles. The van der Waals surface area contributed by atoms with Crippen LogP contribution in [0.4, 0.5) is 10.3 Å². The molecule has 1 aliphatic heterocycles. The maximum atomic E-state index is 12.9. The van der Waals surface area contributed by atoms with Crippen molar-refractivity contribution in [3.05, 3.63) is 47.8 Å². The number of H-pyrrole nitrogens is 1. The van der Waals surface area contributed by atoms with Gasteiger partial charge in [-0.25, -0.2) is 9.37 Å². The molecule has 2 heterocycles. The van der Waals surface area contributed by atoms with E-state index in [9.17, 15) is 4.39 Å². The second-order valence-corrected chi connectivity index (χ2v) is 5.08. The Morgan fingerprint density at radius 1 is 1.09 bits per heavy atom. The Hall–Kier alpha value is -2.76. The number of aromatic nitrogens is 2. The molecule has 0 spiro atoms. The van der Waals surface area contributed by atoms with Crippen LogP contribution in [0, 0.1) is 5.82 Å². The molecule has 0 atom stereocenters. The summed E-state index contributed by atoms with van der Waals surface area (Å²) in [5.41, 5.74) is 2.67. The molecule has 3 aromatic rings. The molecule has 2 N–H and O–H groups in total. The summed E-state index contributed by atoms with van der Waals surface area (Å²) in [7, 11) is 0. The normalized spacial score (nSPS) is 13.3. The molecule has 0 amide bonds. The number of hydrogen-bond donors (Lipinski definition) is 2. The number of halogens is 1. The zero-order valence-electron chi connectivity index (χ0n) is 11.7. The van der Waals surface area contributed by atoms with Crippen molar-refractivity contribution in [2.45, 2.75) is 6.54 Å². The number of benzene rings is 2. The van der Waals surface area contributed by atoms with E-state index in [-0.39, 0.29) is 5.82 Å². The minimum atomic E-state index is -0.238. The smallest absolute Gasteiger partial charge is 0.201 e. The van der Waals surface area contributed by atoms with E-state index >= 15 is 0 Å². The van der Waals surface area contributed by atoms with Gasteiger partial charge in [0.1, 0.15) is 19.0 Å². The molecule has 1 aromatic heterocycles. The summed E-state index contributed by atoms with van der Waals surface area (Å²) in [5, 5.41) is 3.19. The maximum absolute atomic E-state index is 12.9. The summed E-state index contributed by atoms with van der Waals surface area (Å²) in [4.78, 5) is 7.67. The number of imidazole rings is 1. The second kappa shape index (κ2) is 5.22. The van der Waals surface area contributed by atoms with Crippen LogP contribution in [0.2, 0.25) is 0 Å². The summed E-state index contributed by atoms with van der Waals surface area (Å²) in [5.74, 6) is 1.86. The first-order chi connectivity index (χ1) is 10.8. The van der Waals surface area contributed by atoms with E-state index in [0.717, 1.165) is 28.1 Å². The van der Waals surface area contributed by atoms with Gasteiger partial charge >= 0.3 is 0 Å². The van der Waals surface area contributed by atoms with Crippen molar-refractivity contribution in [1.82, 2.24) is 9.97 Å². The van der Waals surface area contributed by atoms with Gasteiger partial charge in [0, 0.05) is 18.7 Å². The first-order valence-corrected chi connectivity index (χ1v) is 7.05. The van der Waals surface area contributed by atoms with Crippen molar-refractivity contribution < 1.29 is 13.9 Å². The van der Waals surface area contributed by atoms with Crippen LogP contribution in [0.25, 0.3) is 11.0 Å². The fourth-order valence-electron chi connectivity index (χ4n) is 2.42. The van der Waals surface area contributed by atoms with Crippen molar-refractivity contribution >= 4 is 17.0 Å². The fraction of sp³-hybridized carbons (Fsp3) is 0.188. The van der Waals surface area contributed by atoms with E-state index in [4.69, 9.17) is 9.47 Å². The molecule has 0 saturated heterocycles. The highest BCUT2D eigenvalue weighted by Gasteiger charge is 2.14. The van der Waals surface area contributed by atoms with E-state index in [1.807, 2.05) is 12.1 Å². The van der Waals surface area contributed by atoms with Gasteiger partial charge in [0.15, 0.2) is 11.5 Å². The van der Waals surface area contributed by atoms with Crippen molar-refractivity contribution in [3.8, 4) is 11.5 Å². The average molecular weight is 299 g/mol. The van der Waals surface area contributed by atoms with Gasteiger partial charge in [0.05, 0.1) is 11.0 Å². The number of nitrogens with one attached hydrogen (secondary N) is 2. The molecule has 4 rings (SSSR count). The van der Waals surface area contributed by atoms with Crippen LogP contribution in [-0.2, 0) is 6.54 Å². The van der Waals surface area contributed by atoms with Crippen LogP contribution in [0.1, 0.15) is 5.56 Å². The van der Waals surface area contributed by atoms with Gasteiger partial charge in [0.25, 0.3) is 0 Å². The lowest BCUT2D eigenvalue weighted by molar-refractivity contribution is 0.172. The lowest BCUT2D eigenvalue weighted by atomic mass is 10.2. The Bertz CT molecular complexity index is 771. The molecule has 2 aromatic carbocycles. The van der Waals surface area contributed by atoms with E-state index in [1.165, 1.54) is 12.1 Å². The molecule has 0 saturated carbocycles. The Labute approximate surface area is 126 Å². The monoisotopic (exact) mass is 299 g/mol. The van der Waals surface area contributed by atoms with Crippen molar-refractivity contribution in [2.75, 3.05) is 18.5 Å². The third-order valence-corrected chi connectivity index (χ3v) is 3.52. The Morgan fingerprint density at radius 3 is 2.59 bits per heavy atom. The largest absolute Gasteiger partial charge is 0.486 e. The topological polar surface area (TPSA) is 59.2 Å². The van der Waals surface area contributed by atoms with Gasteiger partial charge in [-0.15, -0.1) is 0 Å². The molecule has 1 aliphatic rings. The Kier molecular flexibility index (Phi) is 3.07. The zero-order chi connectivity index (χ0) is 14.9. The van der Waals surface area contributed by atoms with Gasteiger partial charge in [0.2, 0.25) is 5.95 Å². The fourth-order valence-corrected chi connectivity index (χ4v) is 2.42. The summed E-state index contributed by atoms with van der Waals surface area (Å²) in [6.45, 7) is 1.67. The third kappa shape index (κ3) is 2.43. The second-order valence-electron chi connectivity index (χ2n) is 5.08. The number of hydrogen-bond acceptors (Lipinski definition) is 4. The summed E-state index contributed by atoms with van der Waals surface area (Å²) in [6.07, 6.45) is 0. The minimum absolute atomic E-state index is 0.238. The molecule has 112 valence electrons. The van der Waals surface area contributed by atoms with Gasteiger partial charge in [-0.3, -0.25) is 0 Å². The average Bonchev–Trinajstić information content (AvgIpc) is 2.93. The first kappa shape index (κ1) is 12.9. The van der Waals surface area contributed by atoms with Crippen LogP contribution in [0.5, 0.6) is 11.5 Å². The molecule has 0 fully saturated rings. The number of rotatable bonds is 3. The van der Waals surface area contributed by atoms with Crippen molar-refractivity contribution in [1.29, 1.82) is 0 Å². The van der Waals surface area contributed by atoms with Gasteiger partial charge in [-0.2, -0.15) is 0 Å². The van der Waals surface area contributed by atoms with Crippen LogP contribution in [-0.4, -0.2) is 23.2 Å². The quantitative estimate of drug-likeness (QED) is 0.780. The molecule has 5 nitrogen and oxygen atoms in total. The van der Waals surface area contributed by atoms with Crippen molar-refractivity contribution in [3.63, 3.8) is 0 Å². The number of fused-ring (bicyclic) bond motifs is 2. The van der Waals surface area contributed by atoms with Crippen LogP contribution in [0.3, 0.4) is 0 Å². The SMILES string of the molecule is Fc1ccc(CNc2nc3cc4c(cc3[nH]2)OCCO4)cc1. The summed E-state index contributed by atoms with van der Waals surface area (Å²) < 4.78 is 24.0. The molecule has 6 heteroatoms.